The molecule has 0 aliphatic heterocycles. The molecule has 0 heterocycles. The number of hydrogen-bond acceptors (Lipinski definition) is 2. The van der Waals surface area contributed by atoms with Gasteiger partial charge < -0.3 is 4.90 Å². The largest absolute Gasteiger partial charge is 0.332 e. The zero-order valence-electron chi connectivity index (χ0n) is 20.2. The van der Waals surface area contributed by atoms with E-state index < -0.39 is 0 Å². The summed E-state index contributed by atoms with van der Waals surface area (Å²) in [6, 6.07) is 21.5. The van der Waals surface area contributed by atoms with Crippen molar-refractivity contribution >= 4 is 5.91 Å². The van der Waals surface area contributed by atoms with E-state index in [0.717, 1.165) is 44.1 Å². The second-order valence-electron chi connectivity index (χ2n) is 9.60. The highest BCUT2D eigenvalue weighted by Crippen LogP contribution is 2.50. The molecule has 2 aliphatic rings. The van der Waals surface area contributed by atoms with Crippen molar-refractivity contribution in [1.29, 1.82) is 0 Å². The van der Waals surface area contributed by atoms with E-state index in [1.807, 2.05) is 18.0 Å². The molecule has 3 nitrogen and oxygen atoms in total. The number of benzene rings is 2. The Morgan fingerprint density at radius 1 is 0.788 bits per heavy atom. The standard InChI is InChI=1S/C30H36N2O/c1-31(2)29(26-15-9-5-10-16-26)21-23-30(24-22-29,27-17-11-6-12-18-27)32(3)28(33)20-19-25-13-7-4-8-14-25/h5-7,9-20H,4,8,21-24H2,1-3H3/b20-19+. The number of carbonyl (C=O) groups excluding carboxylic acids is 1. The molecule has 0 aromatic heterocycles. The SMILES string of the molecule is CN(C)C1(c2ccccc2)CCC(c2ccccc2)(N(C)C(=O)/C=C/C2=CCCC=C2)CC1. The van der Waals surface area contributed by atoms with Gasteiger partial charge in [0.05, 0.1) is 5.54 Å². The monoisotopic (exact) mass is 440 g/mol. The van der Waals surface area contributed by atoms with E-state index in [1.165, 1.54) is 11.1 Å². The van der Waals surface area contributed by atoms with Crippen LogP contribution in [0.25, 0.3) is 0 Å². The van der Waals surface area contributed by atoms with Gasteiger partial charge in [-0.1, -0.05) is 78.9 Å². The van der Waals surface area contributed by atoms with Crippen molar-refractivity contribution < 1.29 is 4.79 Å². The molecule has 1 saturated carbocycles. The van der Waals surface area contributed by atoms with E-state index in [1.54, 1.807) is 6.08 Å². The first-order valence-corrected chi connectivity index (χ1v) is 12.1. The summed E-state index contributed by atoms with van der Waals surface area (Å²) in [5.41, 5.74) is 3.38. The normalized spacial score (nSPS) is 25.3. The van der Waals surface area contributed by atoms with Crippen LogP contribution in [0.3, 0.4) is 0 Å². The zero-order valence-corrected chi connectivity index (χ0v) is 20.2. The van der Waals surface area contributed by atoms with Crippen molar-refractivity contribution in [3.8, 4) is 0 Å². The summed E-state index contributed by atoms with van der Waals surface area (Å²) < 4.78 is 0. The lowest BCUT2D eigenvalue weighted by Crippen LogP contribution is -2.54. The molecule has 0 unspecified atom stereocenters. The highest BCUT2D eigenvalue weighted by atomic mass is 16.2. The molecule has 172 valence electrons. The predicted molar refractivity (Wildman–Crippen MR) is 137 cm³/mol. The molecule has 4 rings (SSSR count). The van der Waals surface area contributed by atoms with E-state index in [4.69, 9.17) is 0 Å². The number of nitrogens with zero attached hydrogens (tertiary/aromatic N) is 2. The van der Waals surface area contributed by atoms with Crippen LogP contribution in [0.5, 0.6) is 0 Å². The summed E-state index contributed by atoms with van der Waals surface area (Å²) in [5, 5.41) is 0. The van der Waals surface area contributed by atoms with Crippen LogP contribution >= 0.6 is 0 Å². The number of amides is 1. The molecule has 2 aliphatic carbocycles. The molecule has 1 fully saturated rings. The van der Waals surface area contributed by atoms with E-state index in [9.17, 15) is 4.79 Å². The Kier molecular flexibility index (Phi) is 6.99. The second-order valence-corrected chi connectivity index (χ2v) is 9.60. The quantitative estimate of drug-likeness (QED) is 0.499. The maximum absolute atomic E-state index is 13.4. The summed E-state index contributed by atoms with van der Waals surface area (Å²) in [6.07, 6.45) is 16.1. The van der Waals surface area contributed by atoms with Crippen LogP contribution in [0.15, 0.2) is 96.6 Å². The van der Waals surface area contributed by atoms with Gasteiger partial charge in [0.25, 0.3) is 0 Å². The number of carbonyl (C=O) groups is 1. The van der Waals surface area contributed by atoms with Crippen LogP contribution < -0.4 is 0 Å². The first kappa shape index (κ1) is 23.3. The molecule has 0 atom stereocenters. The highest BCUT2D eigenvalue weighted by Gasteiger charge is 2.48. The topological polar surface area (TPSA) is 23.6 Å². The van der Waals surface area contributed by atoms with Crippen LogP contribution in [0.1, 0.15) is 49.7 Å². The maximum atomic E-state index is 13.4. The third-order valence-electron chi connectivity index (χ3n) is 7.80. The fourth-order valence-corrected chi connectivity index (χ4v) is 5.63. The average Bonchev–Trinajstić information content (AvgIpc) is 2.88. The molecule has 0 saturated heterocycles. The van der Waals surface area contributed by atoms with Gasteiger partial charge in [0.15, 0.2) is 0 Å². The first-order chi connectivity index (χ1) is 16.0. The van der Waals surface area contributed by atoms with E-state index in [-0.39, 0.29) is 17.0 Å². The van der Waals surface area contributed by atoms with Crippen molar-refractivity contribution in [3.05, 3.63) is 108 Å². The number of allylic oxidation sites excluding steroid dienone is 5. The van der Waals surface area contributed by atoms with Crippen molar-refractivity contribution in [1.82, 2.24) is 9.80 Å². The van der Waals surface area contributed by atoms with Gasteiger partial charge in [-0.2, -0.15) is 0 Å². The Labute approximate surface area is 199 Å². The molecular weight excluding hydrogens is 404 g/mol. The Morgan fingerprint density at radius 2 is 1.33 bits per heavy atom. The Balaban J connectivity index is 1.64. The Morgan fingerprint density at radius 3 is 1.85 bits per heavy atom. The summed E-state index contributed by atoms with van der Waals surface area (Å²) in [6.45, 7) is 0. The van der Waals surface area contributed by atoms with Gasteiger partial charge in [-0.3, -0.25) is 9.69 Å². The molecule has 3 heteroatoms. The molecule has 2 aromatic rings. The third kappa shape index (κ3) is 4.60. The lowest BCUT2D eigenvalue weighted by atomic mass is 9.66. The highest BCUT2D eigenvalue weighted by molar-refractivity contribution is 5.88. The van der Waals surface area contributed by atoms with Crippen molar-refractivity contribution in [2.24, 2.45) is 0 Å². The minimum absolute atomic E-state index is 0.0169. The molecule has 0 spiro atoms. The second kappa shape index (κ2) is 9.93. The number of likely N-dealkylation sites (N-methyl/N-ethyl adjacent to an activating group) is 1. The van der Waals surface area contributed by atoms with E-state index in [0.29, 0.717) is 0 Å². The minimum atomic E-state index is -0.312. The van der Waals surface area contributed by atoms with Crippen LogP contribution in [0.4, 0.5) is 0 Å². The summed E-state index contributed by atoms with van der Waals surface area (Å²) in [5.74, 6) is 0.0655. The van der Waals surface area contributed by atoms with Gasteiger partial charge >= 0.3 is 0 Å². The van der Waals surface area contributed by atoms with Crippen LogP contribution in [0, 0.1) is 0 Å². The van der Waals surface area contributed by atoms with Gasteiger partial charge in [-0.05, 0) is 75.4 Å². The molecule has 1 amide bonds. The summed E-state index contributed by atoms with van der Waals surface area (Å²) >= 11 is 0. The van der Waals surface area contributed by atoms with Gasteiger partial charge in [-0.25, -0.2) is 0 Å². The van der Waals surface area contributed by atoms with Crippen LogP contribution in [0.2, 0.25) is 0 Å². The van der Waals surface area contributed by atoms with Gasteiger partial charge in [0, 0.05) is 18.7 Å². The number of hydrogen-bond donors (Lipinski definition) is 0. The molecule has 33 heavy (non-hydrogen) atoms. The van der Waals surface area contributed by atoms with E-state index in [2.05, 4.69) is 97.9 Å². The predicted octanol–water partition coefficient (Wildman–Crippen LogP) is 6.20. The molecule has 0 radical (unpaired) electrons. The minimum Gasteiger partial charge on any atom is -0.332 e. The maximum Gasteiger partial charge on any atom is 0.247 e. The van der Waals surface area contributed by atoms with Gasteiger partial charge in [0.1, 0.15) is 0 Å². The third-order valence-corrected chi connectivity index (χ3v) is 7.80. The Bertz CT molecular complexity index is 1030. The summed E-state index contributed by atoms with van der Waals surface area (Å²) in [7, 11) is 6.35. The molecule has 0 bridgehead atoms. The molecule has 2 aromatic carbocycles. The molecule has 0 N–H and O–H groups in total. The van der Waals surface area contributed by atoms with Crippen molar-refractivity contribution in [2.75, 3.05) is 21.1 Å². The molecular formula is C30H36N2O. The van der Waals surface area contributed by atoms with Crippen molar-refractivity contribution in [2.45, 2.75) is 49.6 Å². The smallest absolute Gasteiger partial charge is 0.247 e. The number of rotatable bonds is 6. The average molecular weight is 441 g/mol. The van der Waals surface area contributed by atoms with Gasteiger partial charge in [-0.15, -0.1) is 0 Å². The summed E-state index contributed by atoms with van der Waals surface area (Å²) in [4.78, 5) is 17.8. The first-order valence-electron chi connectivity index (χ1n) is 12.1. The van der Waals surface area contributed by atoms with E-state index >= 15 is 0 Å². The fourth-order valence-electron chi connectivity index (χ4n) is 5.63. The lowest BCUT2D eigenvalue weighted by Gasteiger charge is -2.53. The fraction of sp³-hybridized carbons (Fsp3) is 0.367. The van der Waals surface area contributed by atoms with Crippen molar-refractivity contribution in [3.63, 3.8) is 0 Å². The van der Waals surface area contributed by atoms with Gasteiger partial charge in [0.2, 0.25) is 5.91 Å². The zero-order chi connectivity index (χ0) is 23.3. The van der Waals surface area contributed by atoms with Crippen LogP contribution in [-0.4, -0.2) is 36.9 Å². The lowest BCUT2D eigenvalue weighted by molar-refractivity contribution is -0.134. The van der Waals surface area contributed by atoms with Crippen LogP contribution in [-0.2, 0) is 15.9 Å². The Hall–Kier alpha value is -2.91.